The number of aryl methyl sites for hydroxylation is 1. The standard InChI is InChI=1S/C25H17FN2O3S/c1-14-7-12-18-19(13-14)32-25(27-18)28-21(15-8-10-17(26)11-9-15)20(23(30)24(28)31)22(29)16-5-3-2-4-6-16/h2-13,21,29H,1H3. The molecular formula is C25H17FN2O3S. The van der Waals surface area contributed by atoms with Crippen molar-refractivity contribution in [2.45, 2.75) is 13.0 Å². The van der Waals surface area contributed by atoms with Crippen molar-refractivity contribution in [3.05, 3.63) is 101 Å². The molecule has 0 saturated carbocycles. The number of benzene rings is 3. The van der Waals surface area contributed by atoms with Gasteiger partial charge in [-0.1, -0.05) is 59.9 Å². The Kier molecular flexibility index (Phi) is 4.83. The van der Waals surface area contributed by atoms with E-state index < -0.39 is 23.5 Å². The van der Waals surface area contributed by atoms with Gasteiger partial charge in [-0.15, -0.1) is 0 Å². The van der Waals surface area contributed by atoms with Crippen LogP contribution in [0.25, 0.3) is 16.0 Å². The van der Waals surface area contributed by atoms with Gasteiger partial charge in [0, 0.05) is 5.56 Å². The van der Waals surface area contributed by atoms with Crippen molar-refractivity contribution < 1.29 is 19.1 Å². The summed E-state index contributed by atoms with van der Waals surface area (Å²) in [6, 6.07) is 18.9. The third-order valence-corrected chi connectivity index (χ3v) is 6.43. The van der Waals surface area contributed by atoms with E-state index in [0.717, 1.165) is 10.3 Å². The second-order valence-electron chi connectivity index (χ2n) is 7.55. The highest BCUT2D eigenvalue weighted by atomic mass is 32.1. The largest absolute Gasteiger partial charge is 0.507 e. The maximum absolute atomic E-state index is 13.6. The highest BCUT2D eigenvalue weighted by Crippen LogP contribution is 2.44. The number of carbonyl (C=O) groups is 2. The summed E-state index contributed by atoms with van der Waals surface area (Å²) in [6.07, 6.45) is 0. The zero-order valence-corrected chi connectivity index (χ0v) is 17.8. The van der Waals surface area contributed by atoms with E-state index in [1.807, 2.05) is 25.1 Å². The molecule has 1 fully saturated rings. The van der Waals surface area contributed by atoms with E-state index in [0.29, 0.717) is 21.8 Å². The van der Waals surface area contributed by atoms with E-state index >= 15 is 0 Å². The minimum atomic E-state index is -0.933. The van der Waals surface area contributed by atoms with E-state index in [2.05, 4.69) is 4.98 Å². The number of thiazole rings is 1. The Hall–Kier alpha value is -3.84. The zero-order chi connectivity index (χ0) is 22.4. The van der Waals surface area contributed by atoms with Crippen LogP contribution < -0.4 is 4.90 Å². The van der Waals surface area contributed by atoms with Crippen molar-refractivity contribution in [3.63, 3.8) is 0 Å². The molecule has 1 aliphatic heterocycles. The van der Waals surface area contributed by atoms with Gasteiger partial charge in [-0.2, -0.15) is 0 Å². The average Bonchev–Trinajstić information content (AvgIpc) is 3.32. The average molecular weight is 444 g/mol. The quantitative estimate of drug-likeness (QED) is 0.262. The lowest BCUT2D eigenvalue weighted by Gasteiger charge is -2.23. The van der Waals surface area contributed by atoms with Crippen molar-refractivity contribution in [2.75, 3.05) is 4.90 Å². The fourth-order valence-corrected chi connectivity index (χ4v) is 4.95. The number of hydrogen-bond acceptors (Lipinski definition) is 5. The van der Waals surface area contributed by atoms with Crippen molar-refractivity contribution >= 4 is 44.1 Å². The molecule has 0 spiro atoms. The lowest BCUT2D eigenvalue weighted by Crippen LogP contribution is -2.29. The molecule has 1 saturated heterocycles. The molecule has 32 heavy (non-hydrogen) atoms. The van der Waals surface area contributed by atoms with Gasteiger partial charge in [0.15, 0.2) is 5.13 Å². The summed E-state index contributed by atoms with van der Waals surface area (Å²) in [5, 5.41) is 11.4. The first-order valence-corrected chi connectivity index (χ1v) is 10.7. The summed E-state index contributed by atoms with van der Waals surface area (Å²) in [5.74, 6) is -2.31. The second kappa shape index (κ2) is 7.69. The minimum Gasteiger partial charge on any atom is -0.507 e. The van der Waals surface area contributed by atoms with Crippen LogP contribution in [0, 0.1) is 12.7 Å². The molecular weight excluding hydrogens is 427 g/mol. The van der Waals surface area contributed by atoms with Gasteiger partial charge in [-0.25, -0.2) is 9.37 Å². The Morgan fingerprint density at radius 3 is 2.47 bits per heavy atom. The van der Waals surface area contributed by atoms with Crippen LogP contribution in [0.3, 0.4) is 0 Å². The van der Waals surface area contributed by atoms with Crippen LogP contribution in [0.1, 0.15) is 22.7 Å². The normalized spacial score (nSPS) is 17.9. The maximum atomic E-state index is 13.6. The molecule has 5 rings (SSSR count). The molecule has 0 radical (unpaired) electrons. The number of anilines is 1. The van der Waals surface area contributed by atoms with Gasteiger partial charge in [0.2, 0.25) is 0 Å². The fraction of sp³-hybridized carbons (Fsp3) is 0.0800. The molecule has 1 atom stereocenters. The number of nitrogens with zero attached hydrogens (tertiary/aromatic N) is 2. The third kappa shape index (κ3) is 3.27. The molecule has 0 bridgehead atoms. The van der Waals surface area contributed by atoms with Crippen molar-refractivity contribution in [3.8, 4) is 0 Å². The Balaban J connectivity index is 1.73. The number of fused-ring (bicyclic) bond motifs is 1. The van der Waals surface area contributed by atoms with Gasteiger partial charge >= 0.3 is 5.91 Å². The van der Waals surface area contributed by atoms with E-state index in [-0.39, 0.29) is 11.3 Å². The lowest BCUT2D eigenvalue weighted by molar-refractivity contribution is -0.132. The number of Topliss-reactive ketones (excluding diaryl/α,β-unsaturated/α-hetero) is 1. The Morgan fingerprint density at radius 1 is 1.03 bits per heavy atom. The van der Waals surface area contributed by atoms with Crippen molar-refractivity contribution in [1.82, 2.24) is 4.98 Å². The van der Waals surface area contributed by atoms with Crippen molar-refractivity contribution in [1.29, 1.82) is 0 Å². The minimum absolute atomic E-state index is 0.0526. The van der Waals surface area contributed by atoms with Gasteiger partial charge < -0.3 is 5.11 Å². The lowest BCUT2D eigenvalue weighted by atomic mass is 9.95. The van der Waals surface area contributed by atoms with Crippen LogP contribution in [0.4, 0.5) is 9.52 Å². The van der Waals surface area contributed by atoms with Crippen LogP contribution in [-0.2, 0) is 9.59 Å². The molecule has 158 valence electrons. The summed E-state index contributed by atoms with van der Waals surface area (Å²) >= 11 is 1.29. The van der Waals surface area contributed by atoms with Crippen LogP contribution in [0.5, 0.6) is 0 Å². The van der Waals surface area contributed by atoms with E-state index in [9.17, 15) is 19.1 Å². The number of aliphatic hydroxyl groups excluding tert-OH is 1. The molecule has 3 aromatic carbocycles. The Bertz CT molecular complexity index is 1390. The number of hydrogen-bond donors (Lipinski definition) is 1. The van der Waals surface area contributed by atoms with E-state index in [1.165, 1.54) is 40.5 Å². The number of aliphatic hydroxyl groups is 1. The maximum Gasteiger partial charge on any atom is 0.301 e. The van der Waals surface area contributed by atoms with Crippen molar-refractivity contribution in [2.24, 2.45) is 0 Å². The number of ketones is 1. The first kappa shape index (κ1) is 20.1. The predicted molar refractivity (Wildman–Crippen MR) is 122 cm³/mol. The fourth-order valence-electron chi connectivity index (χ4n) is 3.86. The van der Waals surface area contributed by atoms with Gasteiger partial charge in [-0.05, 0) is 42.3 Å². The predicted octanol–water partition coefficient (Wildman–Crippen LogP) is 5.37. The number of amides is 1. The van der Waals surface area contributed by atoms with Crippen LogP contribution in [0.2, 0.25) is 0 Å². The summed E-state index contributed by atoms with van der Waals surface area (Å²) in [6.45, 7) is 1.96. The molecule has 1 aromatic heterocycles. The van der Waals surface area contributed by atoms with Crippen LogP contribution in [0.15, 0.2) is 78.4 Å². The van der Waals surface area contributed by atoms with Gasteiger partial charge in [-0.3, -0.25) is 14.5 Å². The number of carbonyl (C=O) groups excluding carboxylic acids is 2. The van der Waals surface area contributed by atoms with E-state index in [1.54, 1.807) is 30.3 Å². The molecule has 5 nitrogen and oxygen atoms in total. The Morgan fingerprint density at radius 2 is 1.75 bits per heavy atom. The SMILES string of the molecule is Cc1ccc2nc(N3C(=O)C(=O)C(=C(O)c4ccccc4)C3c3ccc(F)cc3)sc2c1. The molecule has 1 N–H and O–H groups in total. The highest BCUT2D eigenvalue weighted by molar-refractivity contribution is 7.22. The monoisotopic (exact) mass is 444 g/mol. The van der Waals surface area contributed by atoms with Crippen LogP contribution >= 0.6 is 11.3 Å². The van der Waals surface area contributed by atoms with Gasteiger partial charge in [0.05, 0.1) is 21.8 Å². The molecule has 1 amide bonds. The summed E-state index contributed by atoms with van der Waals surface area (Å²) in [7, 11) is 0. The van der Waals surface area contributed by atoms with Gasteiger partial charge in [0.25, 0.3) is 5.78 Å². The highest BCUT2D eigenvalue weighted by Gasteiger charge is 2.48. The molecule has 1 aliphatic rings. The second-order valence-corrected chi connectivity index (χ2v) is 8.56. The number of rotatable bonds is 3. The van der Waals surface area contributed by atoms with E-state index in [4.69, 9.17) is 0 Å². The molecule has 2 heterocycles. The third-order valence-electron chi connectivity index (χ3n) is 5.42. The molecule has 4 aromatic rings. The van der Waals surface area contributed by atoms with Crippen LogP contribution in [-0.4, -0.2) is 21.8 Å². The van der Waals surface area contributed by atoms with Gasteiger partial charge in [0.1, 0.15) is 11.6 Å². The molecule has 1 unspecified atom stereocenters. The zero-order valence-electron chi connectivity index (χ0n) is 16.9. The number of aromatic nitrogens is 1. The summed E-state index contributed by atoms with van der Waals surface area (Å²) < 4.78 is 14.5. The topological polar surface area (TPSA) is 70.5 Å². The molecule has 0 aliphatic carbocycles. The number of halogens is 1. The Labute approximate surface area is 187 Å². The first-order chi connectivity index (χ1) is 15.4. The summed E-state index contributed by atoms with van der Waals surface area (Å²) in [5.41, 5.74) is 2.62. The smallest absolute Gasteiger partial charge is 0.301 e. The first-order valence-electron chi connectivity index (χ1n) is 9.93. The molecule has 7 heteroatoms. The summed E-state index contributed by atoms with van der Waals surface area (Å²) in [4.78, 5) is 32.2.